The number of nitrogens with zero attached hydrogens (tertiary/aromatic N) is 7. The fourth-order valence-electron chi connectivity index (χ4n) is 5.16. The Bertz CT molecular complexity index is 1720. The molecule has 12 heteroatoms. The maximum atomic E-state index is 14.6. The SMILES string of the molecule is CC(C)(Cc1ccccc1-c1cccnc1F)Nc1nc(N2CCOCC2)nc(-n2c(C(F)F)nc3ccccc32)n1. The average Bonchev–Trinajstić information content (AvgIpc) is 3.38. The molecule has 2 aromatic carbocycles. The minimum absolute atomic E-state index is 0.0339. The first kappa shape index (κ1) is 27.6. The quantitative estimate of drug-likeness (QED) is 0.239. The van der Waals surface area contributed by atoms with Gasteiger partial charge in [0.25, 0.3) is 6.43 Å². The van der Waals surface area contributed by atoms with E-state index < -0.39 is 23.7 Å². The molecule has 42 heavy (non-hydrogen) atoms. The molecule has 216 valence electrons. The molecule has 0 spiro atoms. The zero-order valence-electron chi connectivity index (χ0n) is 23.1. The fourth-order valence-corrected chi connectivity index (χ4v) is 5.16. The molecular formula is C30H29F3N8O. The third kappa shape index (κ3) is 5.62. The molecule has 9 nitrogen and oxygen atoms in total. The monoisotopic (exact) mass is 574 g/mol. The third-order valence-electron chi connectivity index (χ3n) is 7.04. The number of halogens is 3. The molecule has 0 amide bonds. The molecule has 3 aromatic heterocycles. The zero-order chi connectivity index (χ0) is 29.3. The summed E-state index contributed by atoms with van der Waals surface area (Å²) in [7, 11) is 0. The molecule has 1 fully saturated rings. The van der Waals surface area contributed by atoms with Gasteiger partial charge in [-0.05, 0) is 55.7 Å². The molecule has 1 aliphatic heterocycles. The summed E-state index contributed by atoms with van der Waals surface area (Å²) in [5.74, 6) is -0.401. The summed E-state index contributed by atoms with van der Waals surface area (Å²) >= 11 is 0. The second-order valence-electron chi connectivity index (χ2n) is 10.6. The molecule has 0 atom stereocenters. The van der Waals surface area contributed by atoms with Crippen LogP contribution in [0.2, 0.25) is 0 Å². The van der Waals surface area contributed by atoms with Crippen molar-refractivity contribution in [3.05, 3.63) is 84.2 Å². The van der Waals surface area contributed by atoms with Crippen molar-refractivity contribution in [3.63, 3.8) is 0 Å². The molecule has 1 saturated heterocycles. The van der Waals surface area contributed by atoms with Crippen LogP contribution in [0.4, 0.5) is 25.1 Å². The van der Waals surface area contributed by atoms with Gasteiger partial charge in [-0.1, -0.05) is 36.4 Å². The van der Waals surface area contributed by atoms with E-state index in [-0.39, 0.29) is 11.9 Å². The van der Waals surface area contributed by atoms with E-state index in [1.807, 2.05) is 43.0 Å². The van der Waals surface area contributed by atoms with Crippen LogP contribution < -0.4 is 10.2 Å². The van der Waals surface area contributed by atoms with Gasteiger partial charge in [0.05, 0.1) is 24.2 Å². The van der Waals surface area contributed by atoms with E-state index in [1.54, 1.807) is 36.4 Å². The Kier molecular flexibility index (Phi) is 7.46. The number of rotatable bonds is 8. The van der Waals surface area contributed by atoms with Crippen molar-refractivity contribution in [1.82, 2.24) is 29.5 Å². The normalized spacial score (nSPS) is 14.1. The van der Waals surface area contributed by atoms with E-state index in [2.05, 4.69) is 30.2 Å². The van der Waals surface area contributed by atoms with E-state index in [0.29, 0.717) is 55.3 Å². The Hall–Kier alpha value is -4.58. The Morgan fingerprint density at radius 2 is 1.60 bits per heavy atom. The number of para-hydroxylation sites is 2. The highest BCUT2D eigenvalue weighted by Gasteiger charge is 2.27. The van der Waals surface area contributed by atoms with Crippen LogP contribution in [-0.2, 0) is 11.2 Å². The number of hydrogen-bond acceptors (Lipinski definition) is 8. The zero-order valence-corrected chi connectivity index (χ0v) is 23.1. The number of anilines is 2. The van der Waals surface area contributed by atoms with Crippen LogP contribution in [-0.4, -0.2) is 61.3 Å². The summed E-state index contributed by atoms with van der Waals surface area (Å²) in [4.78, 5) is 23.8. The highest BCUT2D eigenvalue weighted by atomic mass is 19.3. The fraction of sp³-hybridized carbons (Fsp3) is 0.300. The number of benzene rings is 2. The molecule has 6 rings (SSSR count). The lowest BCUT2D eigenvalue weighted by Crippen LogP contribution is -2.39. The molecule has 1 aliphatic rings. The number of alkyl halides is 2. The van der Waals surface area contributed by atoms with Gasteiger partial charge in [-0.15, -0.1) is 0 Å². The number of imidazole rings is 1. The van der Waals surface area contributed by atoms with Crippen molar-refractivity contribution >= 4 is 22.9 Å². The van der Waals surface area contributed by atoms with Gasteiger partial charge in [0.15, 0.2) is 5.82 Å². The number of nitrogens with one attached hydrogen (secondary N) is 1. The van der Waals surface area contributed by atoms with Crippen LogP contribution in [0.5, 0.6) is 0 Å². The standard InChI is InChI=1S/C30H29F3N8O/c1-30(2,18-19-8-3-4-9-20(19)21-10-7-13-34-25(21)33)39-27-36-28(40-14-16-42-17-15-40)38-29(37-27)41-23-12-6-5-11-22(23)35-26(41)24(31)32/h3-13,24H,14-18H2,1-2H3,(H,36,37,38,39). The van der Waals surface area contributed by atoms with Gasteiger partial charge < -0.3 is 15.0 Å². The van der Waals surface area contributed by atoms with E-state index >= 15 is 0 Å². The lowest BCUT2D eigenvalue weighted by molar-refractivity contribution is 0.122. The van der Waals surface area contributed by atoms with Crippen LogP contribution in [0.15, 0.2) is 66.9 Å². The predicted octanol–water partition coefficient (Wildman–Crippen LogP) is 5.62. The number of ether oxygens (including phenoxy) is 1. The highest BCUT2D eigenvalue weighted by Crippen LogP contribution is 2.31. The number of aromatic nitrogens is 6. The maximum Gasteiger partial charge on any atom is 0.296 e. The molecule has 0 radical (unpaired) electrons. The Morgan fingerprint density at radius 3 is 2.38 bits per heavy atom. The van der Waals surface area contributed by atoms with Gasteiger partial charge in [0.1, 0.15) is 0 Å². The average molecular weight is 575 g/mol. The number of fused-ring (bicyclic) bond motifs is 1. The Labute approximate surface area is 240 Å². The topological polar surface area (TPSA) is 93.9 Å². The van der Waals surface area contributed by atoms with Crippen molar-refractivity contribution in [2.24, 2.45) is 0 Å². The second kappa shape index (κ2) is 11.4. The molecule has 4 heterocycles. The minimum Gasteiger partial charge on any atom is -0.378 e. The molecule has 5 aromatic rings. The Morgan fingerprint density at radius 1 is 0.881 bits per heavy atom. The largest absolute Gasteiger partial charge is 0.378 e. The predicted molar refractivity (Wildman–Crippen MR) is 153 cm³/mol. The van der Waals surface area contributed by atoms with Gasteiger partial charge in [0, 0.05) is 30.4 Å². The molecule has 0 aliphatic carbocycles. The van der Waals surface area contributed by atoms with Crippen LogP contribution in [0.25, 0.3) is 28.1 Å². The summed E-state index contributed by atoms with van der Waals surface area (Å²) in [5.41, 5.74) is 2.27. The number of morpholine rings is 1. The summed E-state index contributed by atoms with van der Waals surface area (Å²) in [6.07, 6.45) is -0.958. The summed E-state index contributed by atoms with van der Waals surface area (Å²) in [6.45, 7) is 6.02. The van der Waals surface area contributed by atoms with Crippen molar-refractivity contribution in [3.8, 4) is 17.1 Å². The van der Waals surface area contributed by atoms with Gasteiger partial charge in [0.2, 0.25) is 23.8 Å². The van der Waals surface area contributed by atoms with E-state index in [0.717, 1.165) is 11.1 Å². The molecule has 0 bridgehead atoms. The van der Waals surface area contributed by atoms with Crippen LogP contribution in [0.1, 0.15) is 31.7 Å². The van der Waals surface area contributed by atoms with Crippen molar-refractivity contribution < 1.29 is 17.9 Å². The molecule has 1 N–H and O–H groups in total. The number of pyridine rings is 1. The summed E-state index contributed by atoms with van der Waals surface area (Å²) in [6, 6.07) is 17.8. The van der Waals surface area contributed by atoms with Crippen LogP contribution in [0.3, 0.4) is 0 Å². The molecule has 0 unspecified atom stereocenters. The molecular weight excluding hydrogens is 545 g/mol. The molecule has 0 saturated carbocycles. The first-order valence-electron chi connectivity index (χ1n) is 13.6. The van der Waals surface area contributed by atoms with Crippen molar-refractivity contribution in [2.45, 2.75) is 32.2 Å². The first-order chi connectivity index (χ1) is 20.3. The number of hydrogen-bond donors (Lipinski definition) is 1. The summed E-state index contributed by atoms with van der Waals surface area (Å²) in [5, 5.41) is 3.39. The van der Waals surface area contributed by atoms with E-state index in [1.165, 1.54) is 10.8 Å². The van der Waals surface area contributed by atoms with Crippen molar-refractivity contribution in [2.75, 3.05) is 36.5 Å². The lowest BCUT2D eigenvalue weighted by Gasteiger charge is -2.30. The van der Waals surface area contributed by atoms with Crippen LogP contribution >= 0.6 is 0 Å². The smallest absolute Gasteiger partial charge is 0.296 e. The first-order valence-corrected chi connectivity index (χ1v) is 13.6. The Balaban J connectivity index is 1.40. The third-order valence-corrected chi connectivity index (χ3v) is 7.04. The minimum atomic E-state index is -2.85. The summed E-state index contributed by atoms with van der Waals surface area (Å²) < 4.78 is 49.8. The van der Waals surface area contributed by atoms with E-state index in [4.69, 9.17) is 4.74 Å². The van der Waals surface area contributed by atoms with Crippen molar-refractivity contribution in [1.29, 1.82) is 0 Å². The highest BCUT2D eigenvalue weighted by molar-refractivity contribution is 5.77. The van der Waals surface area contributed by atoms with Gasteiger partial charge >= 0.3 is 0 Å². The maximum absolute atomic E-state index is 14.6. The van der Waals surface area contributed by atoms with E-state index in [9.17, 15) is 13.2 Å². The van der Waals surface area contributed by atoms with Crippen LogP contribution in [0, 0.1) is 5.95 Å². The second-order valence-corrected chi connectivity index (χ2v) is 10.6. The lowest BCUT2D eigenvalue weighted by atomic mass is 9.90. The van der Waals surface area contributed by atoms with Gasteiger partial charge in [-0.2, -0.15) is 19.3 Å². The van der Waals surface area contributed by atoms with Gasteiger partial charge in [-0.25, -0.2) is 18.7 Å². The van der Waals surface area contributed by atoms with Gasteiger partial charge in [-0.3, -0.25) is 4.57 Å².